The number of halogens is 1. The maximum Gasteiger partial charge on any atom is 0.192 e. The highest BCUT2D eigenvalue weighted by Gasteiger charge is 2.11. The number of benzene rings is 1. The van der Waals surface area contributed by atoms with Crippen LogP contribution in [0.3, 0.4) is 0 Å². The van der Waals surface area contributed by atoms with Gasteiger partial charge in [-0.3, -0.25) is 4.79 Å². The molecule has 1 aromatic carbocycles. The minimum atomic E-state index is 0.00965. The van der Waals surface area contributed by atoms with Gasteiger partial charge in [0.15, 0.2) is 5.78 Å². The average molecular weight is 249 g/mol. The fourth-order valence-electron chi connectivity index (χ4n) is 1.47. The van der Waals surface area contributed by atoms with Crippen LogP contribution >= 0.6 is 23.8 Å². The highest BCUT2D eigenvalue weighted by molar-refractivity contribution is 7.80. The molecule has 3 heteroatoms. The summed E-state index contributed by atoms with van der Waals surface area (Å²) in [5.74, 6) is 0.00965. The first-order valence-electron chi connectivity index (χ1n) is 4.88. The predicted octanol–water partition coefficient (Wildman–Crippen LogP) is 3.78. The molecule has 0 aliphatic heterocycles. The summed E-state index contributed by atoms with van der Waals surface area (Å²) in [6.45, 7) is 0. The third-order valence-corrected chi connectivity index (χ3v) is 2.90. The molecule has 0 atom stereocenters. The Morgan fingerprint density at radius 3 is 2.44 bits per heavy atom. The Balaban J connectivity index is 2.23. The van der Waals surface area contributed by atoms with E-state index in [-0.39, 0.29) is 5.78 Å². The van der Waals surface area contributed by atoms with E-state index in [9.17, 15) is 4.79 Å². The SMILES string of the molecule is O=C(C1=CCC(=S)C=C1)c1ccc(Cl)cc1. The Morgan fingerprint density at radius 2 is 1.88 bits per heavy atom. The second-order valence-corrected chi connectivity index (χ2v) is 4.46. The van der Waals surface area contributed by atoms with Gasteiger partial charge < -0.3 is 0 Å². The van der Waals surface area contributed by atoms with Gasteiger partial charge in [-0.1, -0.05) is 36.0 Å². The molecular formula is C13H9ClOS. The van der Waals surface area contributed by atoms with Gasteiger partial charge >= 0.3 is 0 Å². The summed E-state index contributed by atoms with van der Waals surface area (Å²) in [7, 11) is 0. The highest BCUT2D eigenvalue weighted by Crippen LogP contribution is 2.16. The number of rotatable bonds is 2. The van der Waals surface area contributed by atoms with Crippen LogP contribution in [0.4, 0.5) is 0 Å². The van der Waals surface area contributed by atoms with Crippen LogP contribution in [0.1, 0.15) is 16.8 Å². The number of Topliss-reactive ketones (excluding diaryl/α,β-unsaturated/α-hetero) is 1. The van der Waals surface area contributed by atoms with Crippen molar-refractivity contribution in [1.29, 1.82) is 0 Å². The molecule has 1 aliphatic rings. The van der Waals surface area contributed by atoms with E-state index in [2.05, 4.69) is 0 Å². The predicted molar refractivity (Wildman–Crippen MR) is 70.2 cm³/mol. The van der Waals surface area contributed by atoms with Gasteiger partial charge in [0.1, 0.15) is 0 Å². The van der Waals surface area contributed by atoms with Crippen LogP contribution in [-0.4, -0.2) is 10.6 Å². The van der Waals surface area contributed by atoms with Crippen LogP contribution in [0.25, 0.3) is 0 Å². The molecule has 0 spiro atoms. The van der Waals surface area contributed by atoms with Crippen LogP contribution < -0.4 is 0 Å². The first-order chi connectivity index (χ1) is 7.66. The van der Waals surface area contributed by atoms with Crippen LogP contribution in [0.15, 0.2) is 48.1 Å². The van der Waals surface area contributed by atoms with Gasteiger partial charge in [-0.05, 0) is 30.3 Å². The summed E-state index contributed by atoms with van der Waals surface area (Å²) in [5, 5.41) is 0.630. The van der Waals surface area contributed by atoms with E-state index in [1.165, 1.54) is 0 Å². The van der Waals surface area contributed by atoms with Crippen molar-refractivity contribution in [2.75, 3.05) is 0 Å². The Kier molecular flexibility index (Phi) is 3.32. The minimum absolute atomic E-state index is 0.00965. The molecule has 1 nitrogen and oxygen atoms in total. The van der Waals surface area contributed by atoms with Gasteiger partial charge in [-0.25, -0.2) is 0 Å². The van der Waals surface area contributed by atoms with Crippen molar-refractivity contribution in [1.82, 2.24) is 0 Å². The molecule has 0 bridgehead atoms. The Bertz CT molecular complexity index is 497. The molecule has 80 valence electrons. The summed E-state index contributed by atoms with van der Waals surface area (Å²) in [6, 6.07) is 6.89. The molecule has 0 saturated heterocycles. The summed E-state index contributed by atoms with van der Waals surface area (Å²) in [5.41, 5.74) is 1.34. The lowest BCUT2D eigenvalue weighted by molar-refractivity contribution is 0.103. The van der Waals surface area contributed by atoms with E-state index >= 15 is 0 Å². The fraction of sp³-hybridized carbons (Fsp3) is 0.0769. The minimum Gasteiger partial charge on any atom is -0.289 e. The van der Waals surface area contributed by atoms with E-state index in [1.807, 2.05) is 6.08 Å². The molecule has 2 rings (SSSR count). The number of carbonyl (C=O) groups excluding carboxylic acids is 1. The van der Waals surface area contributed by atoms with Crippen molar-refractivity contribution in [3.63, 3.8) is 0 Å². The van der Waals surface area contributed by atoms with Gasteiger partial charge in [0.25, 0.3) is 0 Å². The second kappa shape index (κ2) is 4.73. The van der Waals surface area contributed by atoms with Crippen LogP contribution in [0, 0.1) is 0 Å². The van der Waals surface area contributed by atoms with Gasteiger partial charge in [-0.2, -0.15) is 0 Å². The second-order valence-electron chi connectivity index (χ2n) is 3.50. The molecule has 0 aromatic heterocycles. The number of hydrogen-bond acceptors (Lipinski definition) is 2. The van der Waals surface area contributed by atoms with Crippen molar-refractivity contribution < 1.29 is 4.79 Å². The van der Waals surface area contributed by atoms with Gasteiger partial charge in [-0.15, -0.1) is 0 Å². The number of allylic oxidation sites excluding steroid dienone is 4. The van der Waals surface area contributed by atoms with Crippen LogP contribution in [0.5, 0.6) is 0 Å². The van der Waals surface area contributed by atoms with Gasteiger partial charge in [0, 0.05) is 27.4 Å². The van der Waals surface area contributed by atoms with E-state index in [4.69, 9.17) is 23.8 Å². The van der Waals surface area contributed by atoms with Crippen LogP contribution in [0.2, 0.25) is 5.02 Å². The Labute approximate surface area is 104 Å². The fourth-order valence-corrected chi connectivity index (χ4v) is 1.74. The summed E-state index contributed by atoms with van der Waals surface area (Å²) >= 11 is 10.8. The summed E-state index contributed by atoms with van der Waals surface area (Å²) < 4.78 is 0. The van der Waals surface area contributed by atoms with E-state index in [1.54, 1.807) is 36.4 Å². The summed E-state index contributed by atoms with van der Waals surface area (Å²) in [4.78, 5) is 12.9. The lowest BCUT2D eigenvalue weighted by Crippen LogP contribution is -2.05. The first-order valence-corrected chi connectivity index (χ1v) is 5.67. The zero-order valence-corrected chi connectivity index (χ0v) is 10.0. The molecule has 1 aliphatic carbocycles. The highest BCUT2D eigenvalue weighted by atomic mass is 35.5. The molecule has 0 N–H and O–H groups in total. The van der Waals surface area contributed by atoms with Crippen LogP contribution in [-0.2, 0) is 0 Å². The lowest BCUT2D eigenvalue weighted by atomic mass is 9.98. The molecule has 0 heterocycles. The van der Waals surface area contributed by atoms with Crippen molar-refractivity contribution in [3.05, 3.63) is 58.7 Å². The molecular weight excluding hydrogens is 240 g/mol. The topological polar surface area (TPSA) is 17.1 Å². The maximum atomic E-state index is 12.0. The molecule has 1 aromatic rings. The van der Waals surface area contributed by atoms with E-state index < -0.39 is 0 Å². The molecule has 0 unspecified atom stereocenters. The molecule has 0 amide bonds. The van der Waals surface area contributed by atoms with Crippen molar-refractivity contribution in [2.24, 2.45) is 0 Å². The average Bonchev–Trinajstić information content (AvgIpc) is 2.30. The maximum absolute atomic E-state index is 12.0. The lowest BCUT2D eigenvalue weighted by Gasteiger charge is -2.06. The molecule has 0 fully saturated rings. The number of carbonyl (C=O) groups is 1. The molecule has 0 saturated carbocycles. The standard InChI is InChI=1S/C13H9ClOS/c14-11-5-1-9(2-6-11)13(15)10-3-7-12(16)8-4-10/h1-7H,8H2. The van der Waals surface area contributed by atoms with Gasteiger partial charge in [0.05, 0.1) is 0 Å². The number of thiocarbonyl (C=S) groups is 1. The van der Waals surface area contributed by atoms with Crippen molar-refractivity contribution in [3.8, 4) is 0 Å². The number of ketones is 1. The monoisotopic (exact) mass is 248 g/mol. The quantitative estimate of drug-likeness (QED) is 0.585. The zero-order chi connectivity index (χ0) is 11.5. The molecule has 16 heavy (non-hydrogen) atoms. The normalized spacial score (nSPS) is 14.8. The Morgan fingerprint density at radius 1 is 1.19 bits per heavy atom. The number of hydrogen-bond donors (Lipinski definition) is 0. The third-order valence-electron chi connectivity index (χ3n) is 2.34. The Hall–Kier alpha value is -1.25. The first kappa shape index (κ1) is 11.2. The largest absolute Gasteiger partial charge is 0.289 e. The zero-order valence-electron chi connectivity index (χ0n) is 8.44. The summed E-state index contributed by atoms with van der Waals surface area (Å²) in [6.07, 6.45) is 6.10. The molecule has 0 radical (unpaired) electrons. The van der Waals surface area contributed by atoms with Crippen molar-refractivity contribution in [2.45, 2.75) is 6.42 Å². The van der Waals surface area contributed by atoms with E-state index in [0.29, 0.717) is 22.6 Å². The van der Waals surface area contributed by atoms with Gasteiger partial charge in [0.2, 0.25) is 0 Å². The third kappa shape index (κ3) is 2.46. The smallest absolute Gasteiger partial charge is 0.192 e. The van der Waals surface area contributed by atoms with Crippen molar-refractivity contribution >= 4 is 34.5 Å². The van der Waals surface area contributed by atoms with E-state index in [0.717, 1.165) is 4.86 Å².